The van der Waals surface area contributed by atoms with Crippen LogP contribution in [0.15, 0.2) is 4.52 Å². The molecule has 0 radical (unpaired) electrons. The Kier molecular flexibility index (Phi) is 5.31. The molecule has 4 heterocycles. The van der Waals surface area contributed by atoms with Crippen LogP contribution in [-0.2, 0) is 14.3 Å². The van der Waals surface area contributed by atoms with Crippen molar-refractivity contribution in [2.75, 3.05) is 39.5 Å². The normalized spacial score (nSPS) is 24.6. The van der Waals surface area contributed by atoms with Crippen LogP contribution in [-0.4, -0.2) is 60.5 Å². The molecule has 4 rings (SSSR count). The molecule has 0 unspecified atom stereocenters. The first-order valence-corrected chi connectivity index (χ1v) is 9.59. The lowest BCUT2D eigenvalue weighted by molar-refractivity contribution is -0.139. The van der Waals surface area contributed by atoms with Crippen LogP contribution in [0.25, 0.3) is 0 Å². The summed E-state index contributed by atoms with van der Waals surface area (Å²) < 4.78 is 16.3. The van der Waals surface area contributed by atoms with Crippen molar-refractivity contribution in [2.24, 2.45) is 5.92 Å². The Morgan fingerprint density at radius 3 is 2.20 bits per heavy atom. The van der Waals surface area contributed by atoms with Gasteiger partial charge in [-0.1, -0.05) is 5.16 Å². The second kappa shape index (κ2) is 7.83. The van der Waals surface area contributed by atoms with Gasteiger partial charge in [0.25, 0.3) is 0 Å². The number of rotatable bonds is 3. The van der Waals surface area contributed by atoms with Crippen LogP contribution >= 0.6 is 0 Å². The van der Waals surface area contributed by atoms with Gasteiger partial charge >= 0.3 is 0 Å². The van der Waals surface area contributed by atoms with Gasteiger partial charge in [-0.05, 0) is 38.5 Å². The molecule has 1 aromatic rings. The van der Waals surface area contributed by atoms with Crippen LogP contribution in [0.1, 0.15) is 62.1 Å². The summed E-state index contributed by atoms with van der Waals surface area (Å²) in [5.74, 6) is 2.67. The van der Waals surface area contributed by atoms with Gasteiger partial charge in [-0.2, -0.15) is 4.98 Å². The summed E-state index contributed by atoms with van der Waals surface area (Å²) in [6.07, 6.45) is 5.47. The fraction of sp³-hybridized carbons (Fsp3) is 0.833. The minimum Gasteiger partial charge on any atom is -0.381 e. The SMILES string of the molecule is O=C(C1CCOCC1)N1CCC(c2nc(C3CCOCC3)no2)CC1. The van der Waals surface area contributed by atoms with Crippen molar-refractivity contribution < 1.29 is 18.8 Å². The molecule has 138 valence electrons. The molecule has 0 N–H and O–H groups in total. The maximum Gasteiger partial charge on any atom is 0.229 e. The Morgan fingerprint density at radius 1 is 0.880 bits per heavy atom. The van der Waals surface area contributed by atoms with E-state index < -0.39 is 0 Å². The maximum atomic E-state index is 12.6. The smallest absolute Gasteiger partial charge is 0.229 e. The van der Waals surface area contributed by atoms with E-state index in [-0.39, 0.29) is 11.8 Å². The number of carbonyl (C=O) groups excluding carboxylic acids is 1. The summed E-state index contributed by atoms with van der Waals surface area (Å²) in [5, 5.41) is 4.21. The van der Waals surface area contributed by atoms with E-state index in [1.165, 1.54) is 0 Å². The first kappa shape index (κ1) is 17.0. The van der Waals surface area contributed by atoms with Crippen LogP contribution in [0.4, 0.5) is 0 Å². The second-order valence-corrected chi connectivity index (χ2v) is 7.36. The highest BCUT2D eigenvalue weighted by atomic mass is 16.5. The molecule has 3 fully saturated rings. The molecule has 7 nitrogen and oxygen atoms in total. The van der Waals surface area contributed by atoms with Gasteiger partial charge in [-0.15, -0.1) is 0 Å². The molecule has 0 aliphatic carbocycles. The molecule has 3 aliphatic rings. The Morgan fingerprint density at radius 2 is 1.52 bits per heavy atom. The standard InChI is InChI=1S/C18H27N3O4/c22-18(15-5-11-24-12-6-15)21-7-1-14(2-8-21)17-19-16(20-25-17)13-3-9-23-10-4-13/h13-15H,1-12H2. The topological polar surface area (TPSA) is 77.7 Å². The van der Waals surface area contributed by atoms with Crippen molar-refractivity contribution in [1.82, 2.24) is 15.0 Å². The van der Waals surface area contributed by atoms with Crippen LogP contribution in [0.3, 0.4) is 0 Å². The van der Waals surface area contributed by atoms with Gasteiger partial charge in [-0.25, -0.2) is 0 Å². The molecule has 0 aromatic carbocycles. The Labute approximate surface area is 148 Å². The average Bonchev–Trinajstić information content (AvgIpc) is 3.19. The highest BCUT2D eigenvalue weighted by Crippen LogP contribution is 2.31. The number of amides is 1. The van der Waals surface area contributed by atoms with Crippen LogP contribution in [0, 0.1) is 5.92 Å². The number of nitrogens with zero attached hydrogens (tertiary/aromatic N) is 3. The van der Waals surface area contributed by atoms with Gasteiger partial charge in [0, 0.05) is 57.3 Å². The van der Waals surface area contributed by atoms with E-state index in [9.17, 15) is 4.79 Å². The van der Waals surface area contributed by atoms with Crippen molar-refractivity contribution >= 4 is 5.91 Å². The van der Waals surface area contributed by atoms with Gasteiger partial charge in [0.05, 0.1) is 0 Å². The molecule has 0 bridgehead atoms. The molecule has 25 heavy (non-hydrogen) atoms. The summed E-state index contributed by atoms with van der Waals surface area (Å²) >= 11 is 0. The molecule has 3 aliphatic heterocycles. The van der Waals surface area contributed by atoms with E-state index in [0.29, 0.717) is 25.0 Å². The summed E-state index contributed by atoms with van der Waals surface area (Å²) in [6, 6.07) is 0. The fourth-order valence-electron chi connectivity index (χ4n) is 4.08. The van der Waals surface area contributed by atoms with Crippen molar-refractivity contribution in [3.63, 3.8) is 0 Å². The molecule has 7 heteroatoms. The van der Waals surface area contributed by atoms with Crippen molar-refractivity contribution in [3.05, 3.63) is 11.7 Å². The van der Waals surface area contributed by atoms with E-state index in [4.69, 9.17) is 14.0 Å². The number of carbonyl (C=O) groups is 1. The number of ether oxygens (including phenoxy) is 2. The van der Waals surface area contributed by atoms with Crippen LogP contribution in [0.2, 0.25) is 0 Å². The van der Waals surface area contributed by atoms with Gasteiger partial charge in [0.15, 0.2) is 5.82 Å². The zero-order valence-corrected chi connectivity index (χ0v) is 14.7. The van der Waals surface area contributed by atoms with Crippen LogP contribution in [0.5, 0.6) is 0 Å². The lowest BCUT2D eigenvalue weighted by Crippen LogP contribution is -2.42. The Hall–Kier alpha value is -1.47. The first-order valence-electron chi connectivity index (χ1n) is 9.59. The van der Waals surface area contributed by atoms with Gasteiger partial charge in [0.2, 0.25) is 11.8 Å². The summed E-state index contributed by atoms with van der Waals surface area (Å²) in [6.45, 7) is 4.56. The minimum absolute atomic E-state index is 0.147. The van der Waals surface area contributed by atoms with Crippen molar-refractivity contribution in [1.29, 1.82) is 0 Å². The molecule has 1 aromatic heterocycles. The monoisotopic (exact) mass is 349 g/mol. The second-order valence-electron chi connectivity index (χ2n) is 7.36. The van der Waals surface area contributed by atoms with E-state index in [1.54, 1.807) is 0 Å². The van der Waals surface area contributed by atoms with E-state index in [1.807, 2.05) is 4.90 Å². The van der Waals surface area contributed by atoms with Gasteiger partial charge in [0.1, 0.15) is 0 Å². The van der Waals surface area contributed by atoms with E-state index in [0.717, 1.165) is 76.5 Å². The number of likely N-dealkylation sites (tertiary alicyclic amines) is 1. The predicted molar refractivity (Wildman–Crippen MR) is 89.2 cm³/mol. The van der Waals surface area contributed by atoms with Crippen molar-refractivity contribution in [2.45, 2.75) is 50.4 Å². The Bertz CT molecular complexity index is 571. The van der Waals surface area contributed by atoms with Gasteiger partial charge < -0.3 is 18.9 Å². The van der Waals surface area contributed by atoms with Gasteiger partial charge in [-0.3, -0.25) is 4.79 Å². The first-order chi connectivity index (χ1) is 12.3. The summed E-state index contributed by atoms with van der Waals surface area (Å²) in [5.41, 5.74) is 0. The quantitative estimate of drug-likeness (QED) is 0.832. The maximum absolute atomic E-state index is 12.6. The largest absolute Gasteiger partial charge is 0.381 e. The molecule has 0 atom stereocenters. The summed E-state index contributed by atoms with van der Waals surface area (Å²) in [7, 11) is 0. The highest BCUT2D eigenvalue weighted by Gasteiger charge is 2.32. The zero-order chi connectivity index (χ0) is 17.1. The Balaban J connectivity index is 1.31. The third-order valence-corrected chi connectivity index (χ3v) is 5.77. The molecule has 0 spiro atoms. The molecule has 3 saturated heterocycles. The molecular weight excluding hydrogens is 322 g/mol. The zero-order valence-electron chi connectivity index (χ0n) is 14.7. The number of piperidine rings is 1. The van der Waals surface area contributed by atoms with Crippen molar-refractivity contribution in [3.8, 4) is 0 Å². The minimum atomic E-state index is 0.147. The molecular formula is C18H27N3O4. The van der Waals surface area contributed by atoms with E-state index in [2.05, 4.69) is 10.1 Å². The third-order valence-electron chi connectivity index (χ3n) is 5.77. The lowest BCUT2D eigenvalue weighted by atomic mass is 9.93. The third kappa shape index (κ3) is 3.87. The molecule has 0 saturated carbocycles. The fourth-order valence-corrected chi connectivity index (χ4v) is 4.08. The number of aromatic nitrogens is 2. The number of hydrogen-bond donors (Lipinski definition) is 0. The highest BCUT2D eigenvalue weighted by molar-refractivity contribution is 5.79. The predicted octanol–water partition coefficient (Wildman–Crippen LogP) is 2.10. The average molecular weight is 349 g/mol. The summed E-state index contributed by atoms with van der Waals surface area (Å²) in [4.78, 5) is 19.3. The molecule has 1 amide bonds. The number of hydrogen-bond acceptors (Lipinski definition) is 6. The van der Waals surface area contributed by atoms with Crippen LogP contribution < -0.4 is 0 Å². The van der Waals surface area contributed by atoms with E-state index >= 15 is 0 Å². The lowest BCUT2D eigenvalue weighted by Gasteiger charge is -2.34.